The van der Waals surface area contributed by atoms with Crippen LogP contribution in [-0.4, -0.2) is 55.1 Å². The second-order valence-corrected chi connectivity index (χ2v) is 8.69. The van der Waals surface area contributed by atoms with Gasteiger partial charge in [0.15, 0.2) is 22.7 Å². The number of hydrogen-bond acceptors (Lipinski definition) is 8. The van der Waals surface area contributed by atoms with E-state index in [0.717, 1.165) is 23.8 Å². The molecular formula is C27H23N7O3. The maximum absolute atomic E-state index is 12.2. The molecule has 0 spiro atoms. The van der Waals surface area contributed by atoms with Crippen LogP contribution in [0.1, 0.15) is 19.8 Å². The molecule has 1 unspecified atom stereocenters. The molecule has 5 heterocycles. The Balaban J connectivity index is 1.22. The number of anilines is 1. The van der Waals surface area contributed by atoms with Gasteiger partial charge in [-0.2, -0.15) is 10.1 Å². The topological polar surface area (TPSA) is 122 Å². The molecule has 0 saturated carbocycles. The molecule has 4 aromatic heterocycles. The van der Waals surface area contributed by atoms with Crippen LogP contribution in [0.5, 0.6) is 11.5 Å². The van der Waals surface area contributed by atoms with Gasteiger partial charge in [0, 0.05) is 43.2 Å². The normalized spacial score (nSPS) is 15.4. The zero-order chi connectivity index (χ0) is 25.2. The van der Waals surface area contributed by atoms with Crippen molar-refractivity contribution in [1.82, 2.24) is 30.0 Å². The summed E-state index contributed by atoms with van der Waals surface area (Å²) >= 11 is 0. The minimum absolute atomic E-state index is 0.0426. The summed E-state index contributed by atoms with van der Waals surface area (Å²) in [6, 6.07) is 13.0. The average Bonchev–Trinajstić information content (AvgIpc) is 3.54. The van der Waals surface area contributed by atoms with Crippen molar-refractivity contribution in [3.8, 4) is 34.8 Å². The first-order chi connectivity index (χ1) is 18.2. The molecule has 5 aromatic rings. The highest BCUT2D eigenvalue weighted by atomic mass is 16.5. The SMILES string of the molecule is CC#CC(=O)N1CCCC(Nc2n[nH]c3nccc(Oc4ccc(-c5nc6ncccc6o5)cc4)c23)C1. The van der Waals surface area contributed by atoms with E-state index in [0.29, 0.717) is 53.2 Å². The third kappa shape index (κ3) is 4.54. The molecule has 37 heavy (non-hydrogen) atoms. The Morgan fingerprint density at radius 3 is 2.92 bits per heavy atom. The summed E-state index contributed by atoms with van der Waals surface area (Å²) in [5.74, 6) is 7.55. The molecule has 1 aliphatic heterocycles. The predicted octanol–water partition coefficient (Wildman–Crippen LogP) is 4.38. The number of carbonyl (C=O) groups excluding carboxylic acids is 1. The number of H-pyrrole nitrogens is 1. The highest BCUT2D eigenvalue weighted by Gasteiger charge is 2.24. The Labute approximate surface area is 212 Å². The zero-order valence-electron chi connectivity index (χ0n) is 20.1. The third-order valence-corrected chi connectivity index (χ3v) is 6.20. The Kier molecular flexibility index (Phi) is 5.86. The Morgan fingerprint density at radius 1 is 1.19 bits per heavy atom. The molecule has 0 radical (unpaired) electrons. The maximum atomic E-state index is 12.2. The molecule has 1 atom stereocenters. The number of likely N-dealkylation sites (tertiary alicyclic amines) is 1. The molecule has 1 aliphatic rings. The molecule has 0 aliphatic carbocycles. The molecule has 0 bridgehead atoms. The van der Waals surface area contributed by atoms with Gasteiger partial charge in [0.25, 0.3) is 5.91 Å². The number of aromatic nitrogens is 5. The van der Waals surface area contributed by atoms with Crippen molar-refractivity contribution < 1.29 is 13.9 Å². The van der Waals surface area contributed by atoms with Crippen LogP contribution < -0.4 is 10.1 Å². The van der Waals surface area contributed by atoms with Crippen molar-refractivity contribution in [2.45, 2.75) is 25.8 Å². The van der Waals surface area contributed by atoms with Crippen LogP contribution in [0, 0.1) is 11.8 Å². The van der Waals surface area contributed by atoms with Crippen LogP contribution in [0.3, 0.4) is 0 Å². The lowest BCUT2D eigenvalue weighted by Gasteiger charge is -2.32. The lowest BCUT2D eigenvalue weighted by Crippen LogP contribution is -2.44. The van der Waals surface area contributed by atoms with Crippen LogP contribution in [0.15, 0.2) is 59.3 Å². The number of pyridine rings is 2. The summed E-state index contributed by atoms with van der Waals surface area (Å²) < 4.78 is 12.0. The smallest absolute Gasteiger partial charge is 0.298 e. The van der Waals surface area contributed by atoms with Crippen molar-refractivity contribution in [1.29, 1.82) is 0 Å². The average molecular weight is 494 g/mol. The zero-order valence-corrected chi connectivity index (χ0v) is 20.1. The van der Waals surface area contributed by atoms with Gasteiger partial charge in [-0.1, -0.05) is 5.92 Å². The maximum Gasteiger partial charge on any atom is 0.298 e. The van der Waals surface area contributed by atoms with E-state index in [4.69, 9.17) is 9.15 Å². The number of hydrogen-bond donors (Lipinski definition) is 2. The number of carbonyl (C=O) groups is 1. The van der Waals surface area contributed by atoms with E-state index in [2.05, 4.69) is 42.3 Å². The van der Waals surface area contributed by atoms with E-state index >= 15 is 0 Å². The van der Waals surface area contributed by atoms with Gasteiger partial charge < -0.3 is 19.4 Å². The number of amides is 1. The summed E-state index contributed by atoms with van der Waals surface area (Å²) in [6.07, 6.45) is 5.16. The van der Waals surface area contributed by atoms with E-state index < -0.39 is 0 Å². The minimum atomic E-state index is -0.149. The van der Waals surface area contributed by atoms with E-state index in [1.165, 1.54) is 0 Å². The quantitative estimate of drug-likeness (QED) is 0.346. The van der Waals surface area contributed by atoms with Gasteiger partial charge in [0.1, 0.15) is 16.9 Å². The van der Waals surface area contributed by atoms with E-state index in [1.807, 2.05) is 36.4 Å². The summed E-state index contributed by atoms with van der Waals surface area (Å²) in [5, 5.41) is 11.6. The van der Waals surface area contributed by atoms with Gasteiger partial charge in [0.2, 0.25) is 5.89 Å². The highest BCUT2D eigenvalue weighted by Crippen LogP contribution is 2.34. The second kappa shape index (κ2) is 9.62. The van der Waals surface area contributed by atoms with E-state index in [1.54, 1.807) is 30.3 Å². The van der Waals surface area contributed by atoms with Gasteiger partial charge in [0.05, 0.1) is 0 Å². The first-order valence-corrected chi connectivity index (χ1v) is 12.0. The fraction of sp³-hybridized carbons (Fsp3) is 0.222. The summed E-state index contributed by atoms with van der Waals surface area (Å²) in [6.45, 7) is 2.94. The Bertz CT molecular complexity index is 1610. The lowest BCUT2D eigenvalue weighted by molar-refractivity contribution is -0.126. The minimum Gasteiger partial charge on any atom is -0.456 e. The number of nitrogens with zero attached hydrogens (tertiary/aromatic N) is 5. The largest absolute Gasteiger partial charge is 0.456 e. The molecule has 1 aromatic carbocycles. The summed E-state index contributed by atoms with van der Waals surface area (Å²) in [4.78, 5) is 27.1. The first-order valence-electron chi connectivity index (χ1n) is 12.0. The van der Waals surface area contributed by atoms with Crippen molar-refractivity contribution in [3.05, 3.63) is 54.9 Å². The number of oxazole rings is 1. The monoisotopic (exact) mass is 493 g/mol. The van der Waals surface area contributed by atoms with Gasteiger partial charge >= 0.3 is 0 Å². The molecule has 1 saturated heterocycles. The number of piperidine rings is 1. The van der Waals surface area contributed by atoms with Gasteiger partial charge in [-0.15, -0.1) is 0 Å². The van der Waals surface area contributed by atoms with Crippen molar-refractivity contribution >= 4 is 34.0 Å². The summed E-state index contributed by atoms with van der Waals surface area (Å²) in [5.41, 5.74) is 2.64. The molecule has 1 amide bonds. The fourth-order valence-electron chi connectivity index (χ4n) is 4.46. The van der Waals surface area contributed by atoms with Crippen LogP contribution in [0.4, 0.5) is 5.82 Å². The number of nitrogens with one attached hydrogen (secondary N) is 2. The van der Waals surface area contributed by atoms with Crippen LogP contribution >= 0.6 is 0 Å². The van der Waals surface area contributed by atoms with Gasteiger partial charge in [-0.3, -0.25) is 9.89 Å². The fourth-order valence-corrected chi connectivity index (χ4v) is 4.46. The molecule has 10 heteroatoms. The number of benzene rings is 1. The number of aromatic amines is 1. The molecular weight excluding hydrogens is 470 g/mol. The third-order valence-electron chi connectivity index (χ3n) is 6.20. The van der Waals surface area contributed by atoms with Crippen LogP contribution in [0.25, 0.3) is 33.7 Å². The standard InChI is InChI=1S/C27H23N7O3/c1-2-5-22(35)34-15-4-6-18(16-34)30-26-23-20(12-14-29-25(23)32-33-26)36-19-10-8-17(9-11-19)27-31-24-21(37-27)7-3-13-28-24/h3,7-14,18H,4,6,15-16H2,1H3,(H2,29,30,32,33). The van der Waals surface area contributed by atoms with Crippen molar-refractivity contribution in [2.24, 2.45) is 0 Å². The summed E-state index contributed by atoms with van der Waals surface area (Å²) in [7, 11) is 0. The van der Waals surface area contributed by atoms with Crippen LogP contribution in [0.2, 0.25) is 0 Å². The first kappa shape index (κ1) is 22.5. The molecule has 2 N–H and O–H groups in total. The predicted molar refractivity (Wildman–Crippen MR) is 138 cm³/mol. The Morgan fingerprint density at radius 2 is 2.08 bits per heavy atom. The number of rotatable bonds is 5. The van der Waals surface area contributed by atoms with E-state index in [-0.39, 0.29) is 11.9 Å². The molecule has 184 valence electrons. The number of fused-ring (bicyclic) bond motifs is 2. The lowest BCUT2D eigenvalue weighted by atomic mass is 10.1. The van der Waals surface area contributed by atoms with Crippen molar-refractivity contribution in [2.75, 3.05) is 18.4 Å². The van der Waals surface area contributed by atoms with Gasteiger partial charge in [-0.05, 0) is 62.1 Å². The molecule has 6 rings (SSSR count). The van der Waals surface area contributed by atoms with Crippen LogP contribution in [-0.2, 0) is 4.79 Å². The molecule has 1 fully saturated rings. The number of ether oxygens (including phenoxy) is 1. The van der Waals surface area contributed by atoms with Gasteiger partial charge in [-0.25, -0.2) is 9.97 Å². The second-order valence-electron chi connectivity index (χ2n) is 8.69. The Hall–Kier alpha value is -4.91. The molecule has 10 nitrogen and oxygen atoms in total. The highest BCUT2D eigenvalue weighted by molar-refractivity contribution is 5.94. The van der Waals surface area contributed by atoms with E-state index in [9.17, 15) is 4.79 Å². The van der Waals surface area contributed by atoms with Crippen molar-refractivity contribution in [3.63, 3.8) is 0 Å².